The number of hydrogen-bond acceptors (Lipinski definition) is 32. The van der Waals surface area contributed by atoms with Crippen LogP contribution in [0.15, 0.2) is 36.4 Å². The van der Waals surface area contributed by atoms with E-state index in [2.05, 4.69) is 22.8 Å². The Bertz CT molecular complexity index is 5580. The highest BCUT2D eigenvalue weighted by Crippen LogP contribution is 2.68. The molecule has 14 aliphatic rings. The number of esters is 4. The number of nitrogens with zero attached hydrogens (tertiary/aromatic N) is 6. The summed E-state index contributed by atoms with van der Waals surface area (Å²) in [7, 11) is 9.33. The predicted molar refractivity (Wildman–Crippen MR) is 435 cm³/mol. The Morgan fingerprint density at radius 2 is 0.936 bits per heavy atom. The molecule has 4 saturated heterocycles. The Kier molecular flexibility index (Phi) is 23.0. The molecule has 0 saturated carbocycles. The van der Waals surface area contributed by atoms with Gasteiger partial charge >= 0.3 is 42.4 Å². The van der Waals surface area contributed by atoms with Crippen molar-refractivity contribution in [2.45, 2.75) is 189 Å². The third-order valence-corrected chi connectivity index (χ3v) is 28.7. The average molecular weight is 1780 g/mol. The zero-order valence-corrected chi connectivity index (χ0v) is 70.4. The van der Waals surface area contributed by atoms with E-state index in [4.69, 9.17) is 66.3 Å². The molecule has 6 aromatic carbocycles. The molecule has 0 radical (unpaired) electrons. The Morgan fingerprint density at radius 1 is 0.528 bits per heavy atom. The lowest BCUT2D eigenvalue weighted by atomic mass is 9.71. The molecule has 5 N–H and O–H groups in total. The Hall–Kier alpha value is -10.7. The van der Waals surface area contributed by atoms with Crippen molar-refractivity contribution in [2.24, 2.45) is 0 Å². The number of carbonyl (C=O) groups excluding carboxylic acids is 5. The van der Waals surface area contributed by atoms with Crippen LogP contribution in [0.25, 0.3) is 0 Å². The van der Waals surface area contributed by atoms with Gasteiger partial charge in [-0.2, -0.15) is 36.9 Å². The minimum atomic E-state index is -5.39. The fourth-order valence-corrected chi connectivity index (χ4v) is 24.2. The summed E-state index contributed by atoms with van der Waals surface area (Å²) < 4.78 is 166. The summed E-state index contributed by atoms with van der Waals surface area (Å²) in [6, 6.07) is 7.14. The molecular weight excluding hydrogens is 1690 g/mol. The summed E-state index contributed by atoms with van der Waals surface area (Å²) in [4.78, 5) is 76.3. The average Bonchev–Trinajstić information content (AvgIpc) is 1.52. The third kappa shape index (κ3) is 13.9. The molecule has 30 nitrogen and oxygen atoms in total. The van der Waals surface area contributed by atoms with Crippen molar-refractivity contribution in [1.29, 1.82) is 10.5 Å². The number of aromatic hydroxyl groups is 3. The summed E-state index contributed by atoms with van der Waals surface area (Å²) >= 11 is 2.39. The van der Waals surface area contributed by atoms with Gasteiger partial charge in [-0.3, -0.25) is 30.2 Å². The molecule has 2 spiro atoms. The van der Waals surface area contributed by atoms with Crippen LogP contribution >= 0.6 is 23.5 Å². The monoisotopic (exact) mass is 1780 g/mol. The molecule has 668 valence electrons. The van der Waals surface area contributed by atoms with Gasteiger partial charge in [0.2, 0.25) is 13.6 Å². The van der Waals surface area contributed by atoms with Crippen LogP contribution in [0.3, 0.4) is 0 Å². The number of benzene rings is 6. The van der Waals surface area contributed by atoms with Gasteiger partial charge in [-0.15, -0.1) is 23.5 Å². The molecule has 14 heterocycles. The van der Waals surface area contributed by atoms with E-state index in [1.165, 1.54) is 65.8 Å². The van der Waals surface area contributed by atoms with E-state index in [1.54, 1.807) is 52.0 Å². The first-order valence-electron chi connectivity index (χ1n) is 39.6. The van der Waals surface area contributed by atoms with Crippen LogP contribution in [0.5, 0.6) is 80.5 Å². The molecule has 0 amide bonds. The molecule has 14 aliphatic heterocycles. The number of phenolic OH excluding ortho intramolecular Hbond substituents is 3. The van der Waals surface area contributed by atoms with Crippen molar-refractivity contribution in [3.05, 3.63) is 125 Å². The number of rotatable bonds is 7. The lowest BCUT2D eigenvalue weighted by molar-refractivity contribution is -0.189. The SMILES string of the molecule is C.C.COc1cc2c(cc1O)CCN[C@]21CS[C@@H]2c3c(OC(=O)C(F)(F)F)c(C)c4c(c3[C@H](COC1=O)N1C2[C@H]2c3c(cc(C)c(OC)c3O)C[C@@H]([C@@H]1C#N)N2C)OCO4.COc1cc2c(cc1OC(=O)OC(C)(C)C)CCN[C@]21CS[C@@H]2c3c(OC(=O)C(F)(F)F)c(C)c4c(c3[C@H](COC1=O)N1C2[C@H]2c3c(cc(C)c(OC)c3O)C[C@@H]([C@@H]1C#N)N2C)OCO4. The zero-order chi connectivity index (χ0) is 87.8. The molecule has 20 rings (SSSR count). The maximum atomic E-state index is 15.0. The highest BCUT2D eigenvalue weighted by molar-refractivity contribution is 7.99. The molecule has 125 heavy (non-hydrogen) atoms. The van der Waals surface area contributed by atoms with Gasteiger partial charge in [0, 0.05) is 93.3 Å². The van der Waals surface area contributed by atoms with Crippen LogP contribution in [0.1, 0.15) is 159 Å². The number of phenols is 3. The molecule has 6 aromatic rings. The van der Waals surface area contributed by atoms with Crippen molar-refractivity contribution in [3.63, 3.8) is 0 Å². The van der Waals surface area contributed by atoms with Crippen LogP contribution in [-0.4, -0.2) is 213 Å². The van der Waals surface area contributed by atoms with Gasteiger partial charge in [0.15, 0.2) is 80.1 Å². The number of likely N-dealkylation sites (N-methyl/N-ethyl adjacent to an activating group) is 2. The number of aryl methyl sites for hydroxylation is 2. The third-order valence-electron chi connectivity index (χ3n) is 25.8. The number of ether oxygens (including phenoxy) is 14. The Morgan fingerprint density at radius 3 is 1.33 bits per heavy atom. The molecular formula is C87H94F6N8O22S2. The lowest BCUT2D eigenvalue weighted by Gasteiger charge is -2.62. The number of hydrogen-bond donors (Lipinski definition) is 5. The normalized spacial score (nSPS) is 27.0. The van der Waals surface area contributed by atoms with Crippen LogP contribution in [0.2, 0.25) is 0 Å². The van der Waals surface area contributed by atoms with Gasteiger partial charge in [0.05, 0.1) is 75.2 Å². The van der Waals surface area contributed by atoms with Gasteiger partial charge in [-0.05, 0) is 157 Å². The maximum absolute atomic E-state index is 15.0. The molecule has 8 bridgehead atoms. The number of alkyl halides is 6. The number of piperazine rings is 2. The summed E-state index contributed by atoms with van der Waals surface area (Å²) in [5, 5.41) is 61.9. The van der Waals surface area contributed by atoms with Crippen LogP contribution in [-0.2, 0) is 70.1 Å². The van der Waals surface area contributed by atoms with Crippen molar-refractivity contribution in [2.75, 3.05) is 93.9 Å². The van der Waals surface area contributed by atoms with Crippen molar-refractivity contribution in [1.82, 2.24) is 30.2 Å². The quantitative estimate of drug-likeness (QED) is 0.0326. The maximum Gasteiger partial charge on any atom is 0.514 e. The predicted octanol–water partition coefficient (Wildman–Crippen LogP) is 11.9. The van der Waals surface area contributed by atoms with E-state index in [9.17, 15) is 71.4 Å². The van der Waals surface area contributed by atoms with Crippen molar-refractivity contribution in [3.8, 4) is 92.6 Å². The summed E-state index contributed by atoms with van der Waals surface area (Å²) in [6.07, 6.45) is -10.2. The molecule has 2 unspecified atom stereocenters. The van der Waals surface area contributed by atoms with E-state index < -0.39 is 149 Å². The fraction of sp³-hybridized carbons (Fsp3) is 0.506. The molecule has 14 atom stereocenters. The van der Waals surface area contributed by atoms with Gasteiger partial charge in [0.1, 0.15) is 42.4 Å². The molecule has 4 fully saturated rings. The number of nitrogens with one attached hydrogen (secondary N) is 2. The van der Waals surface area contributed by atoms with Gasteiger partial charge < -0.3 is 81.6 Å². The summed E-state index contributed by atoms with van der Waals surface area (Å²) in [5.41, 5.74) is 3.12. The smallest absolute Gasteiger partial charge is 0.504 e. The number of halogens is 6. The molecule has 38 heteroatoms. The first kappa shape index (κ1) is 89.1. The second kappa shape index (κ2) is 32.3. The fourth-order valence-electron chi connectivity index (χ4n) is 20.8. The number of thioether (sulfide) groups is 2. The Balaban J connectivity index is 0.000000191. The van der Waals surface area contributed by atoms with Crippen LogP contribution in [0, 0.1) is 50.4 Å². The van der Waals surface area contributed by atoms with E-state index in [0.29, 0.717) is 76.7 Å². The lowest BCUT2D eigenvalue weighted by Crippen LogP contribution is -2.69. The van der Waals surface area contributed by atoms with Crippen molar-refractivity contribution >= 4 is 53.6 Å². The molecule has 0 aromatic heterocycles. The Labute approximate surface area is 723 Å². The number of methoxy groups -OCH3 is 4. The number of carbonyl (C=O) groups is 5. The number of fused-ring (bicyclic) bond motifs is 18. The summed E-state index contributed by atoms with van der Waals surface area (Å²) in [6.45, 7) is 10.7. The standard InChI is InChI=1S/C45H47F3N4O12S.C40H39F3N4O10S.2CH4/c1-19-11-22-12-24-25(15-49)52-26-16-59-40(54)44(23-14-27(57-7)28(13-21(23)9-10-50-44)62-42(56)64-43(3,4)5)17-65-39(33(52)32(51(24)6)29(22)34(53)35(19)58-8)31-30(26)38-37(60-18-61-38)20(2)36(31)63-41(55)45(46,47)48;1-16-8-19-9-21-22(12-44)47-23-13-54-37(50)39(20-11-25(52-4)24(48)10-18(20)6-7-45-39)14-58-36(30(47)29(46(21)3)26(19)31(49)32(16)53-5)28-27(23)35-34(55-15-56-35)17(2)33(28)57-38(51)40(41,42)43;;/h11,13-14,24-26,32-33,39,50,53H,9-10,12,16-18H2,1-8H3;8,10-11,21-23,29-30,36,45,48-49H,6-7,9,13-15H2,1-5H3;2*1H4/t24-,25-,26-,32+,33?,39+,44+;21-,22-,23-,29+,30?,36+,39+;;/m00../s1. The zero-order valence-electron chi connectivity index (χ0n) is 68.7. The minimum absolute atomic E-state index is 0. The van der Waals surface area contributed by atoms with Gasteiger partial charge in [-0.25, -0.2) is 24.0 Å². The first-order valence-corrected chi connectivity index (χ1v) is 41.7. The second-order valence-electron chi connectivity index (χ2n) is 33.3. The topological polar surface area (TPSA) is 360 Å². The highest BCUT2D eigenvalue weighted by atomic mass is 32.2. The van der Waals surface area contributed by atoms with E-state index in [1.807, 2.05) is 52.8 Å². The van der Waals surface area contributed by atoms with E-state index in [0.717, 1.165) is 11.1 Å². The van der Waals surface area contributed by atoms with Gasteiger partial charge in [0.25, 0.3) is 0 Å². The minimum Gasteiger partial charge on any atom is -0.504 e. The second-order valence-corrected chi connectivity index (χ2v) is 35.6. The van der Waals surface area contributed by atoms with Crippen molar-refractivity contribution < 1.29 is 132 Å². The summed E-state index contributed by atoms with van der Waals surface area (Å²) in [5.74, 6) is -6.40. The number of nitriles is 2. The largest absolute Gasteiger partial charge is 0.514 e. The van der Waals surface area contributed by atoms with E-state index in [-0.39, 0.29) is 155 Å². The highest BCUT2D eigenvalue weighted by Gasteiger charge is 2.66. The van der Waals surface area contributed by atoms with Crippen LogP contribution < -0.4 is 62.7 Å². The first-order chi connectivity index (χ1) is 58.4. The van der Waals surface area contributed by atoms with Gasteiger partial charge in [-0.1, -0.05) is 27.0 Å². The molecule has 0 aliphatic carbocycles. The van der Waals surface area contributed by atoms with E-state index >= 15 is 4.79 Å². The van der Waals surface area contributed by atoms with Crippen LogP contribution in [0.4, 0.5) is 31.1 Å².